The number of rotatable bonds is 10. The number of carboxylic acids is 1. The van der Waals surface area contributed by atoms with Crippen LogP contribution in [0.4, 0.5) is 0 Å². The first-order chi connectivity index (χ1) is 16.1. The smallest absolute Gasteiger partial charge is 0.303 e. The lowest BCUT2D eigenvalue weighted by atomic mass is 9.98. The molecule has 1 N–H and O–H groups in total. The van der Waals surface area contributed by atoms with Crippen LogP contribution < -0.4 is 9.47 Å². The van der Waals surface area contributed by atoms with E-state index >= 15 is 0 Å². The van der Waals surface area contributed by atoms with Gasteiger partial charge in [0.1, 0.15) is 22.8 Å². The van der Waals surface area contributed by atoms with Gasteiger partial charge < -0.3 is 19.0 Å². The summed E-state index contributed by atoms with van der Waals surface area (Å²) in [6, 6.07) is 23.9. The lowest BCUT2D eigenvalue weighted by Gasteiger charge is -2.16. The second kappa shape index (κ2) is 10.3. The first kappa shape index (κ1) is 22.5. The van der Waals surface area contributed by atoms with Crippen molar-refractivity contribution in [3.63, 3.8) is 0 Å². The predicted octanol–water partition coefficient (Wildman–Crippen LogP) is 7.19. The number of carboxylic acid groups (broad SMARTS) is 1. The van der Waals surface area contributed by atoms with E-state index in [1.54, 1.807) is 7.11 Å². The van der Waals surface area contributed by atoms with E-state index in [2.05, 4.69) is 0 Å². The maximum atomic E-state index is 10.8. The summed E-state index contributed by atoms with van der Waals surface area (Å²) < 4.78 is 18.1. The van der Waals surface area contributed by atoms with Gasteiger partial charge in [0.2, 0.25) is 0 Å². The molecule has 0 aliphatic rings. The summed E-state index contributed by atoms with van der Waals surface area (Å²) in [4.78, 5) is 10.8. The van der Waals surface area contributed by atoms with Gasteiger partial charge in [0.25, 0.3) is 0 Å². The highest BCUT2D eigenvalue weighted by Gasteiger charge is 2.22. The topological polar surface area (TPSA) is 68.9 Å². The van der Waals surface area contributed by atoms with Crippen LogP contribution in [0.1, 0.15) is 32.6 Å². The van der Waals surface area contributed by atoms with Crippen LogP contribution in [-0.2, 0) is 4.79 Å². The second-order valence-corrected chi connectivity index (χ2v) is 8.10. The van der Waals surface area contributed by atoms with E-state index in [-0.39, 0.29) is 12.5 Å². The molecular formula is C28H28O5. The Morgan fingerprint density at radius 3 is 2.39 bits per heavy atom. The first-order valence-corrected chi connectivity index (χ1v) is 11.2. The number of benzene rings is 3. The van der Waals surface area contributed by atoms with E-state index in [4.69, 9.17) is 19.0 Å². The Kier molecular flexibility index (Phi) is 6.98. The fraction of sp³-hybridized carbons (Fsp3) is 0.250. The van der Waals surface area contributed by atoms with E-state index in [0.29, 0.717) is 6.42 Å². The van der Waals surface area contributed by atoms with Crippen molar-refractivity contribution in [2.75, 3.05) is 7.11 Å². The maximum Gasteiger partial charge on any atom is 0.303 e. The molecule has 5 heteroatoms. The molecule has 0 radical (unpaired) electrons. The zero-order valence-corrected chi connectivity index (χ0v) is 18.9. The summed E-state index contributed by atoms with van der Waals surface area (Å²) in [6.07, 6.45) is 2.36. The van der Waals surface area contributed by atoms with Gasteiger partial charge in [-0.1, -0.05) is 48.5 Å². The Morgan fingerprint density at radius 2 is 1.70 bits per heavy atom. The molecule has 3 aromatic carbocycles. The summed E-state index contributed by atoms with van der Waals surface area (Å²) in [5.41, 5.74) is 3.74. The lowest BCUT2D eigenvalue weighted by molar-refractivity contribution is -0.137. The quantitative estimate of drug-likeness (QED) is 0.262. The molecule has 0 bridgehead atoms. The Morgan fingerprint density at radius 1 is 0.939 bits per heavy atom. The van der Waals surface area contributed by atoms with E-state index in [1.165, 1.54) is 0 Å². The van der Waals surface area contributed by atoms with Gasteiger partial charge in [0.15, 0.2) is 0 Å². The van der Waals surface area contributed by atoms with Gasteiger partial charge in [-0.2, -0.15) is 0 Å². The van der Waals surface area contributed by atoms with E-state index in [9.17, 15) is 4.79 Å². The Labute approximate surface area is 193 Å². The van der Waals surface area contributed by atoms with Crippen LogP contribution in [0, 0.1) is 0 Å². The fourth-order valence-electron chi connectivity index (χ4n) is 4.02. The third kappa shape index (κ3) is 5.20. The molecule has 4 rings (SSSR count). The maximum absolute atomic E-state index is 10.8. The molecular weight excluding hydrogens is 416 g/mol. The van der Waals surface area contributed by atoms with Gasteiger partial charge in [-0.05, 0) is 56.0 Å². The van der Waals surface area contributed by atoms with Crippen LogP contribution in [0.25, 0.3) is 33.4 Å². The summed E-state index contributed by atoms with van der Waals surface area (Å²) in [5, 5.41) is 9.78. The fourth-order valence-corrected chi connectivity index (χ4v) is 4.02. The molecule has 33 heavy (non-hydrogen) atoms. The normalized spacial score (nSPS) is 11.9. The third-order valence-corrected chi connectivity index (χ3v) is 5.67. The van der Waals surface area contributed by atoms with Gasteiger partial charge in [0.05, 0.1) is 18.6 Å². The highest BCUT2D eigenvalue weighted by atomic mass is 16.5. The average Bonchev–Trinajstić information content (AvgIpc) is 3.23. The van der Waals surface area contributed by atoms with E-state index in [1.807, 2.05) is 79.7 Å². The first-order valence-electron chi connectivity index (χ1n) is 11.2. The van der Waals surface area contributed by atoms with Crippen molar-refractivity contribution in [2.24, 2.45) is 0 Å². The van der Waals surface area contributed by atoms with Gasteiger partial charge in [-0.25, -0.2) is 0 Å². The molecule has 1 heterocycles. The van der Waals surface area contributed by atoms with Crippen LogP contribution in [0.5, 0.6) is 11.5 Å². The van der Waals surface area contributed by atoms with Gasteiger partial charge in [0, 0.05) is 17.5 Å². The van der Waals surface area contributed by atoms with Crippen molar-refractivity contribution >= 4 is 16.9 Å². The standard InChI is InChI=1S/C28H28O5/c1-19(9-6-7-14-25(29)30)32-23-12-8-13-24-27(23)26(20-15-17-22(31-2)18-16-20)28(33-24)21-10-4-3-5-11-21/h3-5,8,10-13,15-19H,6-7,9,14H2,1-2H3,(H,29,30)/t19-/m1/s1. The molecule has 0 saturated heterocycles. The summed E-state index contributed by atoms with van der Waals surface area (Å²) in [5.74, 6) is 1.58. The number of unbranched alkanes of at least 4 members (excludes halogenated alkanes) is 1. The lowest BCUT2D eigenvalue weighted by Crippen LogP contribution is -2.12. The van der Waals surface area contributed by atoms with Crippen molar-refractivity contribution in [1.29, 1.82) is 0 Å². The van der Waals surface area contributed by atoms with Crippen molar-refractivity contribution in [3.05, 3.63) is 72.8 Å². The van der Waals surface area contributed by atoms with Gasteiger partial charge >= 0.3 is 5.97 Å². The monoisotopic (exact) mass is 444 g/mol. The van der Waals surface area contributed by atoms with Crippen molar-refractivity contribution in [3.8, 4) is 33.9 Å². The number of hydrogen-bond acceptors (Lipinski definition) is 4. The molecule has 170 valence electrons. The van der Waals surface area contributed by atoms with E-state index in [0.717, 1.165) is 57.8 Å². The summed E-state index contributed by atoms with van der Waals surface area (Å²) in [7, 11) is 1.65. The predicted molar refractivity (Wildman–Crippen MR) is 130 cm³/mol. The Balaban J connectivity index is 1.74. The number of fused-ring (bicyclic) bond motifs is 1. The number of aliphatic carboxylic acids is 1. The van der Waals surface area contributed by atoms with Crippen LogP contribution in [0.15, 0.2) is 77.2 Å². The number of methoxy groups -OCH3 is 1. The van der Waals surface area contributed by atoms with Crippen molar-refractivity contribution in [2.45, 2.75) is 38.7 Å². The minimum atomic E-state index is -0.760. The zero-order chi connectivity index (χ0) is 23.2. The molecule has 0 saturated carbocycles. The minimum absolute atomic E-state index is 0.0526. The average molecular weight is 445 g/mol. The summed E-state index contributed by atoms with van der Waals surface area (Å²) in [6.45, 7) is 2.02. The van der Waals surface area contributed by atoms with Crippen molar-refractivity contribution in [1.82, 2.24) is 0 Å². The SMILES string of the molecule is COc1ccc(-c2c(-c3ccccc3)oc3cccc(O[C@H](C)CCCCC(=O)O)c23)cc1. The minimum Gasteiger partial charge on any atom is -0.497 e. The van der Waals surface area contributed by atoms with Crippen LogP contribution in [0.3, 0.4) is 0 Å². The Bertz CT molecular complexity index is 1210. The molecule has 0 fully saturated rings. The Hall–Kier alpha value is -3.73. The molecule has 5 nitrogen and oxygen atoms in total. The molecule has 0 aliphatic carbocycles. The molecule has 0 amide bonds. The number of furan rings is 1. The number of hydrogen-bond donors (Lipinski definition) is 1. The molecule has 0 unspecified atom stereocenters. The zero-order valence-electron chi connectivity index (χ0n) is 18.9. The highest BCUT2D eigenvalue weighted by Crippen LogP contribution is 2.45. The van der Waals surface area contributed by atoms with E-state index < -0.39 is 5.97 Å². The highest BCUT2D eigenvalue weighted by molar-refractivity contribution is 6.05. The largest absolute Gasteiger partial charge is 0.497 e. The van der Waals surface area contributed by atoms with Crippen LogP contribution in [-0.4, -0.2) is 24.3 Å². The molecule has 1 aromatic heterocycles. The molecule has 0 aliphatic heterocycles. The number of ether oxygens (including phenoxy) is 2. The second-order valence-electron chi connectivity index (χ2n) is 8.10. The summed E-state index contributed by atoms with van der Waals surface area (Å²) >= 11 is 0. The molecule has 4 aromatic rings. The third-order valence-electron chi connectivity index (χ3n) is 5.67. The number of carbonyl (C=O) groups is 1. The van der Waals surface area contributed by atoms with Crippen LogP contribution in [0.2, 0.25) is 0 Å². The molecule has 0 spiro atoms. The van der Waals surface area contributed by atoms with Gasteiger partial charge in [-0.15, -0.1) is 0 Å². The van der Waals surface area contributed by atoms with Crippen molar-refractivity contribution < 1.29 is 23.8 Å². The van der Waals surface area contributed by atoms with Gasteiger partial charge in [-0.3, -0.25) is 4.79 Å². The van der Waals surface area contributed by atoms with Crippen LogP contribution >= 0.6 is 0 Å². The molecule has 1 atom stereocenters.